The lowest BCUT2D eigenvalue weighted by Crippen LogP contribution is -2.50. The van der Waals surface area contributed by atoms with E-state index in [0.29, 0.717) is 28.4 Å². The van der Waals surface area contributed by atoms with Gasteiger partial charge >= 0.3 is 6.03 Å². The summed E-state index contributed by atoms with van der Waals surface area (Å²) in [5, 5.41) is 18.5. The van der Waals surface area contributed by atoms with Crippen LogP contribution in [-0.2, 0) is 0 Å². The van der Waals surface area contributed by atoms with Crippen LogP contribution in [0.2, 0.25) is 0 Å². The number of anilines is 2. The molecule has 2 aliphatic rings. The number of likely N-dealkylation sites (N-methyl/N-ethyl adjacent to an activating group) is 1. The highest BCUT2D eigenvalue weighted by atomic mass is 32.1. The summed E-state index contributed by atoms with van der Waals surface area (Å²) in [5.41, 5.74) is 2.42. The first-order valence-electron chi connectivity index (χ1n) is 15.2. The van der Waals surface area contributed by atoms with Gasteiger partial charge in [-0.1, -0.05) is 25.1 Å². The van der Waals surface area contributed by atoms with Gasteiger partial charge in [0.25, 0.3) is 11.8 Å². The van der Waals surface area contributed by atoms with Gasteiger partial charge in [-0.15, -0.1) is 11.3 Å². The number of para-hydroxylation sites is 1. The average Bonchev–Trinajstić information content (AvgIpc) is 3.79. The number of carbonyl (C=O) groups excluding carboxylic acids is 3. The van der Waals surface area contributed by atoms with Crippen LogP contribution in [0.4, 0.5) is 16.2 Å². The van der Waals surface area contributed by atoms with Gasteiger partial charge in [0, 0.05) is 54.0 Å². The van der Waals surface area contributed by atoms with Crippen molar-refractivity contribution in [1.82, 2.24) is 14.8 Å². The van der Waals surface area contributed by atoms with E-state index in [2.05, 4.69) is 15.6 Å². The molecule has 0 unspecified atom stereocenters. The topological polar surface area (TPSA) is 143 Å². The maximum atomic E-state index is 13.8. The Morgan fingerprint density at radius 1 is 1.11 bits per heavy atom. The van der Waals surface area contributed by atoms with Gasteiger partial charge in [-0.25, -0.2) is 9.78 Å². The fraction of sp³-hybridized carbons (Fsp3) is 0.294. The van der Waals surface area contributed by atoms with Gasteiger partial charge in [0.2, 0.25) is 6.79 Å². The Kier molecular flexibility index (Phi) is 9.27. The largest absolute Gasteiger partial charge is 0.485 e. The highest BCUT2D eigenvalue weighted by molar-refractivity contribution is 7.13. The molecule has 0 bridgehead atoms. The van der Waals surface area contributed by atoms with E-state index >= 15 is 0 Å². The van der Waals surface area contributed by atoms with Gasteiger partial charge in [-0.2, -0.15) is 0 Å². The van der Waals surface area contributed by atoms with Crippen molar-refractivity contribution in [1.29, 1.82) is 0 Å². The van der Waals surface area contributed by atoms with Crippen molar-refractivity contribution in [3.05, 3.63) is 83.4 Å². The number of fused-ring (bicyclic) bond motifs is 2. The molecule has 13 heteroatoms. The molecule has 0 radical (unpaired) electrons. The number of aromatic nitrogens is 1. The molecule has 3 atom stereocenters. The summed E-state index contributed by atoms with van der Waals surface area (Å²) < 4.78 is 17.3. The van der Waals surface area contributed by atoms with Gasteiger partial charge in [0.05, 0.1) is 30.4 Å². The molecule has 12 nitrogen and oxygen atoms in total. The fourth-order valence-electron chi connectivity index (χ4n) is 5.43. The minimum Gasteiger partial charge on any atom is -0.485 e. The van der Waals surface area contributed by atoms with Crippen molar-refractivity contribution in [2.75, 3.05) is 44.2 Å². The molecule has 3 N–H and O–H groups in total. The van der Waals surface area contributed by atoms with Crippen LogP contribution in [0.3, 0.4) is 0 Å². The lowest BCUT2D eigenvalue weighted by Gasteiger charge is -2.38. The number of amides is 4. The first-order chi connectivity index (χ1) is 22.7. The summed E-state index contributed by atoms with van der Waals surface area (Å²) in [4.78, 5) is 47.9. The second-order valence-electron chi connectivity index (χ2n) is 11.6. The van der Waals surface area contributed by atoms with Crippen molar-refractivity contribution in [3.8, 4) is 27.8 Å². The summed E-state index contributed by atoms with van der Waals surface area (Å²) in [6.45, 7) is 4.03. The summed E-state index contributed by atoms with van der Waals surface area (Å²) in [5.74, 6) is 0.383. The van der Waals surface area contributed by atoms with Crippen LogP contribution < -0.4 is 24.8 Å². The zero-order chi connectivity index (χ0) is 33.1. The van der Waals surface area contributed by atoms with Crippen molar-refractivity contribution < 1.29 is 33.7 Å². The Morgan fingerprint density at radius 2 is 1.89 bits per heavy atom. The van der Waals surface area contributed by atoms with Crippen molar-refractivity contribution in [2.45, 2.75) is 26.0 Å². The molecule has 4 aromatic rings. The van der Waals surface area contributed by atoms with E-state index in [1.165, 1.54) is 16.2 Å². The lowest BCUT2D eigenvalue weighted by atomic mass is 9.99. The van der Waals surface area contributed by atoms with E-state index in [1.54, 1.807) is 73.6 Å². The monoisotopic (exact) mass is 657 g/mol. The van der Waals surface area contributed by atoms with Crippen LogP contribution in [0.25, 0.3) is 10.6 Å². The minimum atomic E-state index is -0.585. The third-order valence-electron chi connectivity index (χ3n) is 8.19. The van der Waals surface area contributed by atoms with Crippen molar-refractivity contribution >= 4 is 40.6 Å². The minimum absolute atomic E-state index is 0.126. The number of benzene rings is 3. The van der Waals surface area contributed by atoms with E-state index in [-0.39, 0.29) is 61.6 Å². The average molecular weight is 658 g/mol. The number of hydrogen-bond acceptors (Lipinski definition) is 9. The number of carbonyl (C=O) groups is 3. The number of ether oxygens (including phenoxy) is 3. The van der Waals surface area contributed by atoms with Crippen molar-refractivity contribution in [2.24, 2.45) is 5.92 Å². The highest BCUT2D eigenvalue weighted by Crippen LogP contribution is 2.36. The van der Waals surface area contributed by atoms with E-state index in [9.17, 15) is 19.5 Å². The number of rotatable bonds is 8. The number of aliphatic hydroxyl groups is 1. The number of urea groups is 1. The Hall–Kier alpha value is -5.14. The van der Waals surface area contributed by atoms with Crippen LogP contribution in [0.1, 0.15) is 34.6 Å². The molecule has 0 saturated heterocycles. The molecular weight excluding hydrogens is 622 g/mol. The molecular formula is C34H35N5O7S. The molecule has 2 aliphatic heterocycles. The van der Waals surface area contributed by atoms with Crippen LogP contribution in [0.15, 0.2) is 72.2 Å². The molecule has 0 aliphatic carbocycles. The van der Waals surface area contributed by atoms with E-state index in [1.807, 2.05) is 24.4 Å². The van der Waals surface area contributed by atoms with E-state index in [4.69, 9.17) is 14.2 Å². The quantitative estimate of drug-likeness (QED) is 0.236. The Morgan fingerprint density at radius 3 is 2.64 bits per heavy atom. The first-order valence-corrected chi connectivity index (χ1v) is 16.0. The second-order valence-corrected chi connectivity index (χ2v) is 12.4. The van der Waals surface area contributed by atoms with Gasteiger partial charge < -0.3 is 39.8 Å². The Bertz CT molecular complexity index is 1770. The first kappa shape index (κ1) is 31.8. The molecule has 244 valence electrons. The summed E-state index contributed by atoms with van der Waals surface area (Å²) in [7, 11) is 1.65. The third-order valence-corrected chi connectivity index (χ3v) is 9.01. The normalized spacial score (nSPS) is 17.5. The number of nitrogens with one attached hydrogen (secondary N) is 2. The fourth-order valence-corrected chi connectivity index (χ4v) is 6.07. The third kappa shape index (κ3) is 6.86. The summed E-state index contributed by atoms with van der Waals surface area (Å²) in [6, 6.07) is 16.4. The molecule has 0 fully saturated rings. The van der Waals surface area contributed by atoms with E-state index in [0.717, 1.165) is 10.6 Å². The van der Waals surface area contributed by atoms with Gasteiger partial charge in [0.1, 0.15) is 11.1 Å². The Balaban J connectivity index is 1.25. The zero-order valence-electron chi connectivity index (χ0n) is 26.1. The smallest absolute Gasteiger partial charge is 0.321 e. The van der Waals surface area contributed by atoms with Crippen LogP contribution in [0.5, 0.6) is 17.2 Å². The van der Waals surface area contributed by atoms with Crippen LogP contribution >= 0.6 is 11.3 Å². The predicted octanol–water partition coefficient (Wildman–Crippen LogP) is 5.18. The molecule has 47 heavy (non-hydrogen) atoms. The van der Waals surface area contributed by atoms with Crippen LogP contribution in [-0.4, -0.2) is 83.4 Å². The molecule has 1 aromatic heterocycles. The maximum absolute atomic E-state index is 13.8. The molecule has 0 saturated carbocycles. The highest BCUT2D eigenvalue weighted by Gasteiger charge is 2.35. The number of nitrogens with zero attached hydrogens (tertiary/aromatic N) is 3. The van der Waals surface area contributed by atoms with Gasteiger partial charge in [0.15, 0.2) is 17.2 Å². The predicted molar refractivity (Wildman–Crippen MR) is 177 cm³/mol. The Labute approximate surface area is 275 Å². The molecule has 3 heterocycles. The molecule has 3 aromatic carbocycles. The van der Waals surface area contributed by atoms with Gasteiger partial charge in [-0.05, 0) is 43.3 Å². The van der Waals surface area contributed by atoms with Crippen molar-refractivity contribution in [3.63, 3.8) is 0 Å². The SMILES string of the molecule is C[C@H](CO)N1C[C@H](C)[C@H](CN(C)C(=O)Nc2ccc3c(c2)OCO3)Oc2c(NC(=O)c3ccc(-c4nccs4)cc3)cccc2C1=O. The molecule has 4 amide bonds. The standard InChI is InChI=1S/C34H35N5O7S/c1-20-16-39(21(2)18-40)33(42)25-5-4-6-26(37-31(41)22-7-9-23(10-8-22)32-35-13-14-47-32)30(25)46-29(20)17-38(3)34(43)36-24-11-12-27-28(15-24)45-19-44-27/h4-15,20-21,29,40H,16-19H2,1-3H3,(H,36,43)(H,37,41)/t20-,21+,29-/m0/s1. The van der Waals surface area contributed by atoms with Gasteiger partial charge in [-0.3, -0.25) is 9.59 Å². The lowest BCUT2D eigenvalue weighted by molar-refractivity contribution is 0.0372. The van der Waals surface area contributed by atoms with E-state index < -0.39 is 12.1 Å². The van der Waals surface area contributed by atoms with Crippen LogP contribution in [0, 0.1) is 5.92 Å². The maximum Gasteiger partial charge on any atom is 0.321 e. The number of thiazole rings is 1. The summed E-state index contributed by atoms with van der Waals surface area (Å²) >= 11 is 1.51. The molecule has 0 spiro atoms. The molecule has 6 rings (SSSR count). The number of hydrogen-bond donors (Lipinski definition) is 3. The second kappa shape index (κ2) is 13.7. The number of aliphatic hydroxyl groups excluding tert-OH is 1. The zero-order valence-corrected chi connectivity index (χ0v) is 27.0. The summed E-state index contributed by atoms with van der Waals surface area (Å²) in [6.07, 6.45) is 1.14.